The van der Waals surface area contributed by atoms with Gasteiger partial charge in [-0.15, -0.1) is 0 Å². The zero-order chi connectivity index (χ0) is 24.9. The summed E-state index contributed by atoms with van der Waals surface area (Å²) in [4.78, 5) is 22.7. The second kappa shape index (κ2) is 10.5. The molecule has 0 bridgehead atoms. The van der Waals surface area contributed by atoms with Crippen LogP contribution in [0.3, 0.4) is 0 Å². The second-order valence-corrected chi connectivity index (χ2v) is 8.05. The van der Waals surface area contributed by atoms with Crippen LogP contribution in [-0.2, 0) is 6.61 Å². The lowest BCUT2D eigenvalue weighted by Crippen LogP contribution is -2.16. The third kappa shape index (κ3) is 5.71. The number of amides is 1. The van der Waals surface area contributed by atoms with Crippen LogP contribution in [0, 0.1) is 10.1 Å². The number of rotatable bonds is 8. The first-order chi connectivity index (χ1) is 16.8. The number of nitro benzene ring substituents is 1. The predicted molar refractivity (Wildman–Crippen MR) is 132 cm³/mol. The summed E-state index contributed by atoms with van der Waals surface area (Å²) >= 11 is 12.0. The van der Waals surface area contributed by atoms with Crippen LogP contribution in [0.5, 0.6) is 11.5 Å². The molecule has 35 heavy (non-hydrogen) atoms. The van der Waals surface area contributed by atoms with E-state index in [0.717, 1.165) is 5.56 Å². The Morgan fingerprint density at radius 1 is 1.09 bits per heavy atom. The predicted octanol–water partition coefficient (Wildman–Crippen LogP) is 6.00. The highest BCUT2D eigenvalue weighted by Gasteiger charge is 2.14. The second-order valence-electron chi connectivity index (χ2n) is 7.24. The Morgan fingerprint density at radius 3 is 2.66 bits per heavy atom. The van der Waals surface area contributed by atoms with Crippen molar-refractivity contribution in [2.45, 2.75) is 6.61 Å². The van der Waals surface area contributed by atoms with Crippen molar-refractivity contribution in [1.82, 2.24) is 5.43 Å². The average molecular weight is 514 g/mol. The van der Waals surface area contributed by atoms with E-state index in [0.29, 0.717) is 38.1 Å². The summed E-state index contributed by atoms with van der Waals surface area (Å²) in [5.74, 6) is 0.352. The van der Waals surface area contributed by atoms with Crippen LogP contribution in [-0.4, -0.2) is 24.2 Å². The molecule has 0 atom stereocenters. The van der Waals surface area contributed by atoms with Gasteiger partial charge in [-0.25, -0.2) is 5.43 Å². The van der Waals surface area contributed by atoms with E-state index in [2.05, 4.69) is 10.5 Å². The molecule has 4 rings (SSSR count). The molecule has 178 valence electrons. The Morgan fingerprint density at radius 2 is 1.91 bits per heavy atom. The molecule has 0 aliphatic carbocycles. The van der Waals surface area contributed by atoms with E-state index in [-0.39, 0.29) is 18.1 Å². The van der Waals surface area contributed by atoms with Crippen LogP contribution in [0.4, 0.5) is 5.69 Å². The normalized spacial score (nSPS) is 11.1. The highest BCUT2D eigenvalue weighted by Crippen LogP contribution is 2.29. The molecule has 0 saturated heterocycles. The first kappa shape index (κ1) is 24.1. The minimum Gasteiger partial charge on any atom is -0.493 e. The number of nitrogens with zero attached hydrogens (tertiary/aromatic N) is 2. The lowest BCUT2D eigenvalue weighted by molar-refractivity contribution is -0.384. The minimum absolute atomic E-state index is 0.0266. The summed E-state index contributed by atoms with van der Waals surface area (Å²) in [5, 5.41) is 16.2. The van der Waals surface area contributed by atoms with Gasteiger partial charge < -0.3 is 13.9 Å². The van der Waals surface area contributed by atoms with E-state index < -0.39 is 10.8 Å². The van der Waals surface area contributed by atoms with Crippen molar-refractivity contribution in [3.63, 3.8) is 0 Å². The van der Waals surface area contributed by atoms with E-state index >= 15 is 0 Å². The molecule has 1 heterocycles. The van der Waals surface area contributed by atoms with Gasteiger partial charge in [0, 0.05) is 17.5 Å². The Balaban J connectivity index is 1.40. The molecule has 0 fully saturated rings. The van der Waals surface area contributed by atoms with E-state index in [9.17, 15) is 14.9 Å². The Hall–Kier alpha value is -4.08. The lowest BCUT2D eigenvalue weighted by atomic mass is 10.2. The summed E-state index contributed by atoms with van der Waals surface area (Å²) in [6.45, 7) is 0.261. The van der Waals surface area contributed by atoms with Gasteiger partial charge in [-0.3, -0.25) is 14.9 Å². The molecule has 0 radical (unpaired) electrons. The van der Waals surface area contributed by atoms with Crippen molar-refractivity contribution >= 4 is 52.0 Å². The molecule has 1 N–H and O–H groups in total. The van der Waals surface area contributed by atoms with Crippen LogP contribution >= 0.6 is 23.2 Å². The summed E-state index contributed by atoms with van der Waals surface area (Å²) in [5.41, 5.74) is 4.10. The van der Waals surface area contributed by atoms with Gasteiger partial charge >= 0.3 is 5.91 Å². The fourth-order valence-electron chi connectivity index (χ4n) is 3.15. The Bertz CT molecular complexity index is 1450. The first-order valence-electron chi connectivity index (χ1n) is 10.1. The Labute approximate surface area is 209 Å². The van der Waals surface area contributed by atoms with Crippen LogP contribution in [0.1, 0.15) is 21.7 Å². The lowest BCUT2D eigenvalue weighted by Gasteiger charge is -2.11. The van der Waals surface area contributed by atoms with E-state index in [1.807, 2.05) is 6.07 Å². The maximum atomic E-state index is 12.4. The van der Waals surface area contributed by atoms with Gasteiger partial charge in [0.25, 0.3) is 5.69 Å². The number of carbonyl (C=O) groups excluding carboxylic acids is 1. The summed E-state index contributed by atoms with van der Waals surface area (Å²) in [6.07, 6.45) is 1.43. The van der Waals surface area contributed by atoms with Crippen molar-refractivity contribution < 1.29 is 23.6 Å². The number of hydrazone groups is 1. The molecule has 1 aromatic heterocycles. The number of hydrogen-bond donors (Lipinski definition) is 1. The summed E-state index contributed by atoms with van der Waals surface area (Å²) < 4.78 is 16.6. The number of non-ortho nitro benzene ring substituents is 1. The fourth-order valence-corrected chi connectivity index (χ4v) is 3.47. The number of furan rings is 1. The van der Waals surface area contributed by atoms with E-state index in [1.54, 1.807) is 30.3 Å². The maximum absolute atomic E-state index is 12.4. The van der Waals surface area contributed by atoms with Gasteiger partial charge in [0.15, 0.2) is 17.3 Å². The largest absolute Gasteiger partial charge is 0.493 e. The van der Waals surface area contributed by atoms with Crippen LogP contribution in [0.15, 0.2) is 70.2 Å². The fraction of sp³-hybridized carbons (Fsp3) is 0.0833. The maximum Gasteiger partial charge on any atom is 0.307 e. The van der Waals surface area contributed by atoms with Gasteiger partial charge in [0.1, 0.15) is 12.2 Å². The van der Waals surface area contributed by atoms with Crippen molar-refractivity contribution in [2.24, 2.45) is 5.10 Å². The number of hydrogen-bond acceptors (Lipinski definition) is 7. The average Bonchev–Trinajstić information content (AvgIpc) is 3.28. The number of halogens is 2. The zero-order valence-corrected chi connectivity index (χ0v) is 19.7. The molecule has 9 nitrogen and oxygen atoms in total. The molecular formula is C24H17Cl2N3O6. The molecule has 0 unspecified atom stereocenters. The van der Waals surface area contributed by atoms with E-state index in [1.165, 1.54) is 37.6 Å². The molecule has 0 aliphatic rings. The van der Waals surface area contributed by atoms with Crippen molar-refractivity contribution in [3.8, 4) is 11.5 Å². The molecule has 1 amide bonds. The quantitative estimate of drug-likeness (QED) is 0.175. The van der Waals surface area contributed by atoms with Crippen LogP contribution < -0.4 is 14.9 Å². The number of carbonyl (C=O) groups is 1. The molecule has 11 heteroatoms. The van der Waals surface area contributed by atoms with Crippen LogP contribution in [0.2, 0.25) is 10.0 Å². The number of nitro groups is 1. The zero-order valence-electron chi connectivity index (χ0n) is 18.2. The van der Waals surface area contributed by atoms with Crippen molar-refractivity contribution in [1.29, 1.82) is 0 Å². The molecule has 4 aromatic rings. The topological polar surface area (TPSA) is 116 Å². The molecule has 0 aliphatic heterocycles. The molecule has 3 aromatic carbocycles. The van der Waals surface area contributed by atoms with Gasteiger partial charge in [-0.2, -0.15) is 5.10 Å². The number of nitrogens with one attached hydrogen (secondary N) is 1. The van der Waals surface area contributed by atoms with Gasteiger partial charge in [-0.05, 0) is 53.6 Å². The minimum atomic E-state index is -0.603. The monoisotopic (exact) mass is 513 g/mol. The molecule has 0 saturated carbocycles. The third-order valence-electron chi connectivity index (χ3n) is 4.88. The smallest absolute Gasteiger partial charge is 0.307 e. The number of benzene rings is 3. The SMILES string of the molecule is COc1cc(/C=N/NC(=O)c2cc3cc([N+](=O)[O-])ccc3o2)ccc1OCc1ccc(Cl)c(Cl)c1. The van der Waals surface area contributed by atoms with E-state index in [4.69, 9.17) is 37.1 Å². The first-order valence-corrected chi connectivity index (χ1v) is 10.9. The third-order valence-corrected chi connectivity index (χ3v) is 5.62. The van der Waals surface area contributed by atoms with Crippen molar-refractivity contribution in [3.05, 3.63) is 97.7 Å². The Kier molecular flexibility index (Phi) is 7.19. The summed E-state index contributed by atoms with van der Waals surface area (Å²) in [7, 11) is 1.51. The standard InChI is InChI=1S/C24H17Cl2N3O6/c1-33-22-9-14(3-6-21(22)34-13-15-2-5-18(25)19(26)8-15)12-27-28-24(30)23-11-16-10-17(29(31)32)4-7-20(16)35-23/h2-12H,13H2,1H3,(H,28,30)/b27-12+. The highest BCUT2D eigenvalue weighted by atomic mass is 35.5. The molecule has 0 spiro atoms. The number of methoxy groups -OCH3 is 1. The summed E-state index contributed by atoms with van der Waals surface area (Å²) in [6, 6.07) is 15.9. The van der Waals surface area contributed by atoms with Gasteiger partial charge in [0.05, 0.1) is 28.3 Å². The van der Waals surface area contributed by atoms with Gasteiger partial charge in [0.2, 0.25) is 0 Å². The van der Waals surface area contributed by atoms with Gasteiger partial charge in [-0.1, -0.05) is 29.3 Å². The number of fused-ring (bicyclic) bond motifs is 1. The highest BCUT2D eigenvalue weighted by molar-refractivity contribution is 6.42. The van der Waals surface area contributed by atoms with Crippen molar-refractivity contribution in [2.75, 3.05) is 7.11 Å². The van der Waals surface area contributed by atoms with Crippen LogP contribution in [0.25, 0.3) is 11.0 Å². The molecular weight excluding hydrogens is 497 g/mol. The number of ether oxygens (including phenoxy) is 2.